The third kappa shape index (κ3) is 9.07. The van der Waals surface area contributed by atoms with Gasteiger partial charge in [-0.05, 0) is 30.5 Å². The van der Waals surface area contributed by atoms with Crippen molar-refractivity contribution in [2.75, 3.05) is 5.73 Å². The zero-order valence-electron chi connectivity index (χ0n) is 14.4. The third-order valence-corrected chi connectivity index (χ3v) is 4.38. The first-order chi connectivity index (χ1) is 10.7. The molecule has 0 amide bonds. The van der Waals surface area contributed by atoms with Crippen molar-refractivity contribution >= 4 is 5.69 Å². The van der Waals surface area contributed by atoms with Gasteiger partial charge in [0.1, 0.15) is 5.82 Å². The second-order valence-corrected chi connectivity index (χ2v) is 6.49. The van der Waals surface area contributed by atoms with Crippen molar-refractivity contribution in [2.24, 2.45) is 0 Å². The molecule has 0 radical (unpaired) electrons. The van der Waals surface area contributed by atoms with Crippen LogP contribution in [-0.2, 0) is 6.42 Å². The van der Waals surface area contributed by atoms with E-state index in [4.69, 9.17) is 5.73 Å². The van der Waals surface area contributed by atoms with E-state index < -0.39 is 0 Å². The molecule has 2 N–H and O–H groups in total. The van der Waals surface area contributed by atoms with E-state index in [0.29, 0.717) is 5.69 Å². The minimum absolute atomic E-state index is 0.150. The number of hydrogen-bond acceptors (Lipinski definition) is 1. The molecule has 0 saturated carbocycles. The molecule has 1 aromatic rings. The Bertz CT molecular complexity index is 389. The Morgan fingerprint density at radius 3 is 1.77 bits per heavy atom. The van der Waals surface area contributed by atoms with Crippen LogP contribution in [0.5, 0.6) is 0 Å². The molecule has 126 valence electrons. The fraction of sp³-hybridized carbons (Fsp3) is 0.700. The van der Waals surface area contributed by atoms with Gasteiger partial charge in [0.05, 0.1) is 0 Å². The highest BCUT2D eigenvalue weighted by atomic mass is 19.1. The molecule has 0 saturated heterocycles. The molecule has 0 bridgehead atoms. The second-order valence-electron chi connectivity index (χ2n) is 6.49. The van der Waals surface area contributed by atoms with Crippen molar-refractivity contribution in [1.82, 2.24) is 0 Å². The average molecular weight is 307 g/mol. The van der Waals surface area contributed by atoms with Crippen molar-refractivity contribution < 1.29 is 4.39 Å². The average Bonchev–Trinajstić information content (AvgIpc) is 2.50. The highest BCUT2D eigenvalue weighted by Crippen LogP contribution is 2.16. The number of anilines is 1. The molecular weight excluding hydrogens is 273 g/mol. The van der Waals surface area contributed by atoms with E-state index in [2.05, 4.69) is 6.92 Å². The maximum absolute atomic E-state index is 13.6. The van der Waals surface area contributed by atoms with E-state index in [-0.39, 0.29) is 5.82 Å². The first-order valence-corrected chi connectivity index (χ1v) is 9.28. The second kappa shape index (κ2) is 12.5. The lowest BCUT2D eigenvalue weighted by molar-refractivity contribution is 0.541. The number of benzene rings is 1. The van der Waals surface area contributed by atoms with Gasteiger partial charge in [0.2, 0.25) is 0 Å². The fourth-order valence-corrected chi connectivity index (χ4v) is 2.92. The molecule has 2 heteroatoms. The van der Waals surface area contributed by atoms with E-state index in [1.54, 1.807) is 6.07 Å². The Balaban J connectivity index is 1.89. The van der Waals surface area contributed by atoms with Gasteiger partial charge in [-0.3, -0.25) is 0 Å². The molecular formula is C20H34FN. The summed E-state index contributed by atoms with van der Waals surface area (Å²) < 4.78 is 13.6. The van der Waals surface area contributed by atoms with Crippen molar-refractivity contribution in [3.05, 3.63) is 29.6 Å². The molecule has 0 aliphatic rings. The smallest absolute Gasteiger partial charge is 0.128 e. The summed E-state index contributed by atoms with van der Waals surface area (Å²) in [6.07, 6.45) is 16.9. The predicted molar refractivity (Wildman–Crippen MR) is 95.6 cm³/mol. The molecule has 0 spiro atoms. The van der Waals surface area contributed by atoms with Crippen LogP contribution >= 0.6 is 0 Å². The zero-order valence-corrected chi connectivity index (χ0v) is 14.4. The van der Waals surface area contributed by atoms with Crippen molar-refractivity contribution in [3.8, 4) is 0 Å². The summed E-state index contributed by atoms with van der Waals surface area (Å²) in [5, 5.41) is 0. The Morgan fingerprint density at radius 2 is 1.27 bits per heavy atom. The summed E-state index contributed by atoms with van der Waals surface area (Å²) in [5.74, 6) is -0.150. The van der Waals surface area contributed by atoms with Crippen LogP contribution in [0.1, 0.15) is 89.5 Å². The summed E-state index contributed by atoms with van der Waals surface area (Å²) in [7, 11) is 0. The van der Waals surface area contributed by atoms with Crippen LogP contribution < -0.4 is 5.73 Å². The third-order valence-electron chi connectivity index (χ3n) is 4.38. The van der Waals surface area contributed by atoms with Crippen LogP contribution in [0.2, 0.25) is 0 Å². The van der Waals surface area contributed by atoms with Gasteiger partial charge in [-0.1, -0.05) is 83.6 Å². The summed E-state index contributed by atoms with van der Waals surface area (Å²) in [6, 6.07) is 5.04. The molecule has 0 atom stereocenters. The van der Waals surface area contributed by atoms with Crippen LogP contribution in [0.15, 0.2) is 18.2 Å². The maximum Gasteiger partial charge on any atom is 0.128 e. The van der Waals surface area contributed by atoms with E-state index >= 15 is 0 Å². The molecule has 0 heterocycles. The van der Waals surface area contributed by atoms with E-state index in [1.807, 2.05) is 6.07 Å². The predicted octanol–water partition coefficient (Wildman–Crippen LogP) is 6.65. The van der Waals surface area contributed by atoms with Gasteiger partial charge in [0, 0.05) is 5.69 Å². The molecule has 0 unspecified atom stereocenters. The summed E-state index contributed by atoms with van der Waals surface area (Å²) >= 11 is 0. The van der Waals surface area contributed by atoms with Crippen molar-refractivity contribution in [1.29, 1.82) is 0 Å². The molecule has 1 nitrogen and oxygen atoms in total. The molecule has 22 heavy (non-hydrogen) atoms. The minimum atomic E-state index is -0.150. The normalized spacial score (nSPS) is 11.0. The molecule has 0 fully saturated rings. The monoisotopic (exact) mass is 307 g/mol. The number of nitrogen functional groups attached to an aromatic ring is 1. The maximum atomic E-state index is 13.6. The number of aryl methyl sites for hydroxylation is 1. The Morgan fingerprint density at radius 1 is 0.773 bits per heavy atom. The van der Waals surface area contributed by atoms with Crippen LogP contribution in [0.25, 0.3) is 0 Å². The minimum Gasteiger partial charge on any atom is -0.399 e. The molecule has 0 aliphatic carbocycles. The highest BCUT2D eigenvalue weighted by Gasteiger charge is 2.02. The van der Waals surface area contributed by atoms with Crippen LogP contribution in [0.3, 0.4) is 0 Å². The fourth-order valence-electron chi connectivity index (χ4n) is 2.92. The zero-order chi connectivity index (χ0) is 16.0. The number of unbranched alkanes of at least 4 members (excludes halogenated alkanes) is 11. The molecule has 0 aromatic heterocycles. The van der Waals surface area contributed by atoms with E-state index in [0.717, 1.165) is 18.4 Å². The van der Waals surface area contributed by atoms with Crippen LogP contribution in [0.4, 0.5) is 10.1 Å². The Hall–Kier alpha value is -1.05. The SMILES string of the molecule is CCCCCCCCCCCCCCc1ccc(N)cc1F. The molecule has 1 aromatic carbocycles. The largest absolute Gasteiger partial charge is 0.399 e. The number of nitrogens with two attached hydrogens (primary N) is 1. The summed E-state index contributed by atoms with van der Waals surface area (Å²) in [5.41, 5.74) is 6.87. The van der Waals surface area contributed by atoms with E-state index in [9.17, 15) is 4.39 Å². The van der Waals surface area contributed by atoms with Gasteiger partial charge < -0.3 is 5.73 Å². The number of halogens is 1. The Labute approximate surface area is 136 Å². The van der Waals surface area contributed by atoms with Gasteiger partial charge in [0.15, 0.2) is 0 Å². The van der Waals surface area contributed by atoms with Gasteiger partial charge in [-0.15, -0.1) is 0 Å². The molecule has 1 rings (SSSR count). The lowest BCUT2D eigenvalue weighted by Crippen LogP contribution is -1.94. The first-order valence-electron chi connectivity index (χ1n) is 9.28. The highest BCUT2D eigenvalue weighted by molar-refractivity contribution is 5.40. The van der Waals surface area contributed by atoms with Crippen molar-refractivity contribution in [2.45, 2.75) is 90.4 Å². The summed E-state index contributed by atoms with van der Waals surface area (Å²) in [6.45, 7) is 2.27. The molecule has 0 aliphatic heterocycles. The van der Waals surface area contributed by atoms with Crippen molar-refractivity contribution in [3.63, 3.8) is 0 Å². The van der Waals surface area contributed by atoms with Gasteiger partial charge in [0.25, 0.3) is 0 Å². The Kier molecular flexibility index (Phi) is 10.8. The van der Waals surface area contributed by atoms with Gasteiger partial charge in [-0.25, -0.2) is 4.39 Å². The number of hydrogen-bond donors (Lipinski definition) is 1. The summed E-state index contributed by atoms with van der Waals surface area (Å²) in [4.78, 5) is 0. The first kappa shape index (κ1) is 19.0. The van der Waals surface area contributed by atoms with Crippen LogP contribution in [0, 0.1) is 5.82 Å². The lowest BCUT2D eigenvalue weighted by atomic mass is 10.0. The standard InChI is InChI=1S/C20H34FN/c1-2-3-4-5-6-7-8-9-10-11-12-13-14-18-15-16-19(22)17-20(18)21/h15-17H,2-14,22H2,1H3. The quantitative estimate of drug-likeness (QED) is 0.320. The van der Waals surface area contributed by atoms with Crippen LogP contribution in [-0.4, -0.2) is 0 Å². The number of rotatable bonds is 13. The lowest BCUT2D eigenvalue weighted by Gasteiger charge is -2.05. The van der Waals surface area contributed by atoms with E-state index in [1.165, 1.54) is 76.7 Å². The van der Waals surface area contributed by atoms with Gasteiger partial charge in [-0.2, -0.15) is 0 Å². The topological polar surface area (TPSA) is 26.0 Å². The van der Waals surface area contributed by atoms with Gasteiger partial charge >= 0.3 is 0 Å².